The van der Waals surface area contributed by atoms with Crippen LogP contribution in [-0.2, 0) is 9.05 Å². The zero-order valence-electron chi connectivity index (χ0n) is 7.37. The molecule has 1 N–H and O–H groups in total. The lowest BCUT2D eigenvalue weighted by Crippen LogP contribution is -2.18. The van der Waals surface area contributed by atoms with Gasteiger partial charge in [0.05, 0.1) is 5.56 Å². The number of halogens is 3. The number of nitriles is 1. The number of aromatic nitrogens is 1. The van der Waals surface area contributed by atoms with Gasteiger partial charge >= 0.3 is 0 Å². The topological polar surface area (TPSA) is 90.8 Å². The first-order valence-electron chi connectivity index (χ1n) is 3.67. The average Bonchev–Trinajstić information content (AvgIpc) is 2.15. The predicted octanol–water partition coefficient (Wildman–Crippen LogP) is 1.11. The zero-order valence-corrected chi connectivity index (χ0v) is 8.94. The lowest BCUT2D eigenvalue weighted by Gasteiger charge is -2.05. The van der Waals surface area contributed by atoms with Crippen LogP contribution in [0.1, 0.15) is 17.6 Å². The summed E-state index contributed by atoms with van der Waals surface area (Å²) in [5, 5.41) is 8.54. The molecule has 16 heavy (non-hydrogen) atoms. The third-order valence-electron chi connectivity index (χ3n) is 1.66. The highest BCUT2D eigenvalue weighted by Gasteiger charge is 2.28. The van der Waals surface area contributed by atoms with E-state index >= 15 is 0 Å². The molecule has 0 bridgehead atoms. The standard InChI is InChI=1S/C7H3ClF2N2O3S/c8-16(14,15)5-3(1-11)2-12-7(13)4(5)6(9)10/h2,6H,(H,12,13). The van der Waals surface area contributed by atoms with Crippen LogP contribution in [0, 0.1) is 11.3 Å². The number of rotatable bonds is 2. The van der Waals surface area contributed by atoms with E-state index in [1.165, 1.54) is 6.07 Å². The van der Waals surface area contributed by atoms with Crippen LogP contribution >= 0.6 is 10.7 Å². The maximum absolute atomic E-state index is 12.5. The second-order valence-electron chi connectivity index (χ2n) is 2.62. The van der Waals surface area contributed by atoms with Crippen molar-refractivity contribution in [2.24, 2.45) is 0 Å². The van der Waals surface area contributed by atoms with Crippen molar-refractivity contribution in [3.63, 3.8) is 0 Å². The number of aromatic amines is 1. The van der Waals surface area contributed by atoms with E-state index in [4.69, 9.17) is 15.9 Å². The Balaban J connectivity index is 3.87. The third kappa shape index (κ3) is 2.20. The summed E-state index contributed by atoms with van der Waals surface area (Å²) in [5.41, 5.74) is -3.26. The van der Waals surface area contributed by atoms with Gasteiger partial charge in [0.25, 0.3) is 21.0 Å². The summed E-state index contributed by atoms with van der Waals surface area (Å²) in [7, 11) is 0.305. The van der Waals surface area contributed by atoms with Gasteiger partial charge in [0.15, 0.2) is 0 Å². The van der Waals surface area contributed by atoms with Gasteiger partial charge in [-0.15, -0.1) is 0 Å². The van der Waals surface area contributed by atoms with Crippen LogP contribution in [-0.4, -0.2) is 13.4 Å². The monoisotopic (exact) mass is 268 g/mol. The number of alkyl halides is 2. The van der Waals surface area contributed by atoms with E-state index < -0.39 is 37.1 Å². The van der Waals surface area contributed by atoms with E-state index in [1.54, 1.807) is 0 Å². The van der Waals surface area contributed by atoms with Gasteiger partial charge in [0.2, 0.25) is 0 Å². The van der Waals surface area contributed by atoms with E-state index in [0.717, 1.165) is 0 Å². The Bertz CT molecular complexity index is 617. The summed E-state index contributed by atoms with van der Waals surface area (Å²) in [5.74, 6) is 0. The zero-order chi connectivity index (χ0) is 12.5. The molecule has 5 nitrogen and oxygen atoms in total. The lowest BCUT2D eigenvalue weighted by atomic mass is 10.2. The molecule has 0 spiro atoms. The van der Waals surface area contributed by atoms with E-state index in [-0.39, 0.29) is 0 Å². The molecule has 1 aromatic heterocycles. The van der Waals surface area contributed by atoms with Crippen molar-refractivity contribution in [3.8, 4) is 6.07 Å². The SMILES string of the molecule is N#Cc1c[nH]c(=O)c(C(F)F)c1S(=O)(=O)Cl. The van der Waals surface area contributed by atoms with Gasteiger partial charge in [-0.2, -0.15) is 5.26 Å². The fraction of sp³-hybridized carbons (Fsp3) is 0.143. The van der Waals surface area contributed by atoms with Crippen molar-refractivity contribution in [1.29, 1.82) is 5.26 Å². The van der Waals surface area contributed by atoms with E-state index in [0.29, 0.717) is 6.20 Å². The van der Waals surface area contributed by atoms with Gasteiger partial charge in [0.1, 0.15) is 16.5 Å². The first-order valence-corrected chi connectivity index (χ1v) is 5.98. The average molecular weight is 269 g/mol. The quantitative estimate of drug-likeness (QED) is 0.814. The van der Waals surface area contributed by atoms with Gasteiger partial charge in [-0.05, 0) is 0 Å². The molecule has 0 radical (unpaired) electrons. The molecular weight excluding hydrogens is 266 g/mol. The van der Waals surface area contributed by atoms with Crippen LogP contribution < -0.4 is 5.56 Å². The second-order valence-corrected chi connectivity index (χ2v) is 5.13. The van der Waals surface area contributed by atoms with Gasteiger partial charge in [-0.3, -0.25) is 4.79 Å². The molecule has 1 heterocycles. The number of nitrogens with zero attached hydrogens (tertiary/aromatic N) is 1. The lowest BCUT2D eigenvalue weighted by molar-refractivity contribution is 0.146. The van der Waals surface area contributed by atoms with Crippen molar-refractivity contribution in [1.82, 2.24) is 4.98 Å². The van der Waals surface area contributed by atoms with Crippen molar-refractivity contribution in [2.75, 3.05) is 0 Å². The van der Waals surface area contributed by atoms with E-state index in [9.17, 15) is 22.0 Å². The first kappa shape index (κ1) is 12.6. The Labute approximate surface area is 92.7 Å². The maximum atomic E-state index is 12.5. The van der Waals surface area contributed by atoms with Crippen LogP contribution in [0.5, 0.6) is 0 Å². The minimum Gasteiger partial charge on any atom is -0.327 e. The summed E-state index contributed by atoms with van der Waals surface area (Å²) in [4.78, 5) is 11.7. The van der Waals surface area contributed by atoms with Crippen LogP contribution in [0.4, 0.5) is 8.78 Å². The summed E-state index contributed by atoms with van der Waals surface area (Å²) in [6, 6.07) is 1.36. The maximum Gasteiger partial charge on any atom is 0.270 e. The third-order valence-corrected chi connectivity index (χ3v) is 3.05. The van der Waals surface area contributed by atoms with Crippen LogP contribution in [0.15, 0.2) is 15.9 Å². The van der Waals surface area contributed by atoms with Gasteiger partial charge in [-0.25, -0.2) is 17.2 Å². The van der Waals surface area contributed by atoms with E-state index in [1.807, 2.05) is 4.98 Å². The highest BCUT2D eigenvalue weighted by atomic mass is 35.7. The molecule has 0 aliphatic rings. The Morgan fingerprint density at radius 2 is 2.06 bits per heavy atom. The molecule has 0 aromatic carbocycles. The second kappa shape index (κ2) is 4.19. The molecule has 0 aliphatic carbocycles. The minimum atomic E-state index is -4.59. The first-order chi connectivity index (χ1) is 7.29. The molecule has 0 atom stereocenters. The molecule has 1 aromatic rings. The molecule has 0 fully saturated rings. The number of pyridine rings is 1. The number of H-pyrrole nitrogens is 1. The van der Waals surface area contributed by atoms with Crippen molar-refractivity contribution < 1.29 is 17.2 Å². The molecule has 86 valence electrons. The fourth-order valence-corrected chi connectivity index (χ4v) is 2.38. The predicted molar refractivity (Wildman–Crippen MR) is 49.8 cm³/mol. The number of nitrogens with one attached hydrogen (secondary N) is 1. The molecule has 0 aliphatic heterocycles. The van der Waals surface area contributed by atoms with E-state index in [2.05, 4.69) is 0 Å². The van der Waals surface area contributed by atoms with Crippen LogP contribution in [0.2, 0.25) is 0 Å². The van der Waals surface area contributed by atoms with Gasteiger partial charge in [-0.1, -0.05) is 0 Å². The Morgan fingerprint density at radius 1 is 1.50 bits per heavy atom. The smallest absolute Gasteiger partial charge is 0.270 e. The highest BCUT2D eigenvalue weighted by molar-refractivity contribution is 8.13. The van der Waals surface area contributed by atoms with Crippen LogP contribution in [0.3, 0.4) is 0 Å². The van der Waals surface area contributed by atoms with Crippen molar-refractivity contribution >= 4 is 19.7 Å². The highest BCUT2D eigenvalue weighted by Crippen LogP contribution is 2.27. The summed E-state index contributed by atoms with van der Waals surface area (Å²) in [6.45, 7) is 0. The molecule has 0 saturated heterocycles. The minimum absolute atomic E-state index is 0.634. The Morgan fingerprint density at radius 3 is 2.44 bits per heavy atom. The Hall–Kier alpha value is -1.46. The molecule has 9 heteroatoms. The summed E-state index contributed by atoms with van der Waals surface area (Å²) >= 11 is 0. The van der Waals surface area contributed by atoms with Crippen LogP contribution in [0.25, 0.3) is 0 Å². The molecular formula is C7H3ClF2N2O3S. The molecule has 1 rings (SSSR count). The number of hydrogen-bond donors (Lipinski definition) is 1. The summed E-state index contributed by atoms with van der Waals surface area (Å²) in [6.07, 6.45) is -2.63. The van der Waals surface area contributed by atoms with Gasteiger partial charge < -0.3 is 4.98 Å². The summed E-state index contributed by atoms with van der Waals surface area (Å²) < 4.78 is 47.0. The van der Waals surface area contributed by atoms with Crippen molar-refractivity contribution in [3.05, 3.63) is 27.7 Å². The largest absolute Gasteiger partial charge is 0.327 e. The molecule has 0 saturated carbocycles. The normalized spacial score (nSPS) is 11.4. The fourth-order valence-electron chi connectivity index (χ4n) is 1.07. The molecule has 0 amide bonds. The molecule has 0 unspecified atom stereocenters. The van der Waals surface area contributed by atoms with Crippen molar-refractivity contribution in [2.45, 2.75) is 11.3 Å². The van der Waals surface area contributed by atoms with Gasteiger partial charge in [0, 0.05) is 16.9 Å². The number of hydrogen-bond acceptors (Lipinski definition) is 4. The Kier molecular flexibility index (Phi) is 3.30.